The van der Waals surface area contributed by atoms with Crippen molar-refractivity contribution in [2.24, 2.45) is 10.9 Å². The fourth-order valence-electron chi connectivity index (χ4n) is 4.53. The molecule has 3 aromatic rings. The number of halogens is 2. The number of carbonyl (C=O) groups excluding carboxylic acids is 1. The average molecular weight is 524 g/mol. The van der Waals surface area contributed by atoms with Crippen molar-refractivity contribution in [3.8, 4) is 22.6 Å². The van der Waals surface area contributed by atoms with E-state index >= 15 is 0 Å². The van der Waals surface area contributed by atoms with Crippen LogP contribution in [0.15, 0.2) is 65.8 Å². The summed E-state index contributed by atoms with van der Waals surface area (Å²) in [6.07, 6.45) is 4.60. The summed E-state index contributed by atoms with van der Waals surface area (Å²) in [5.74, 6) is -0.578. The first-order valence-corrected chi connectivity index (χ1v) is 12.6. The number of aryl methyl sites for hydroxylation is 1. The van der Waals surface area contributed by atoms with Gasteiger partial charge in [-0.05, 0) is 86.3 Å². The van der Waals surface area contributed by atoms with Gasteiger partial charge >= 0.3 is 0 Å². The number of hydrogen-bond donors (Lipinski definition) is 2. The number of oxime groups is 1. The number of rotatable bonds is 7. The smallest absolute Gasteiger partial charge is 0.271 e. The molecule has 0 radical (unpaired) electrons. The van der Waals surface area contributed by atoms with Gasteiger partial charge in [0.05, 0.1) is 0 Å². The maximum Gasteiger partial charge on any atom is 0.271 e. The fourth-order valence-corrected chi connectivity index (χ4v) is 4.53. The Labute approximate surface area is 220 Å². The zero-order chi connectivity index (χ0) is 26.9. The van der Waals surface area contributed by atoms with Crippen LogP contribution in [0.2, 0.25) is 0 Å². The first kappa shape index (κ1) is 27.1. The molecule has 200 valence electrons. The lowest BCUT2D eigenvalue weighted by molar-refractivity contribution is -0.112. The van der Waals surface area contributed by atoms with Crippen LogP contribution >= 0.6 is 0 Å². The summed E-state index contributed by atoms with van der Waals surface area (Å²) in [5.41, 5.74) is 7.98. The van der Waals surface area contributed by atoms with Crippen molar-refractivity contribution in [2.45, 2.75) is 25.7 Å². The molecule has 0 unspecified atom stereocenters. The molecule has 2 heterocycles. The number of fused-ring (bicyclic) bond motifs is 1. The molecular formula is C29H31F2N3O4. The largest absolute Gasteiger partial charge is 0.486 e. The summed E-state index contributed by atoms with van der Waals surface area (Å²) in [6, 6.07) is 16.2. The summed E-state index contributed by atoms with van der Waals surface area (Å²) >= 11 is 0. The Morgan fingerprint density at radius 3 is 2.21 bits per heavy atom. The molecule has 5 rings (SSSR count). The molecule has 38 heavy (non-hydrogen) atoms. The van der Waals surface area contributed by atoms with Gasteiger partial charge < -0.3 is 25.3 Å². The van der Waals surface area contributed by atoms with Gasteiger partial charge in [0.1, 0.15) is 19.0 Å². The molecule has 1 amide bonds. The molecule has 0 saturated carbocycles. The Morgan fingerprint density at radius 1 is 0.947 bits per heavy atom. The van der Waals surface area contributed by atoms with Crippen LogP contribution in [0.5, 0.6) is 11.5 Å². The molecule has 1 saturated heterocycles. The number of likely N-dealkylation sites (tertiary alicyclic amines) is 1. The lowest BCUT2D eigenvalue weighted by Gasteiger charge is -2.20. The van der Waals surface area contributed by atoms with Crippen LogP contribution in [0.1, 0.15) is 30.4 Å². The minimum Gasteiger partial charge on any atom is -0.486 e. The molecule has 1 fully saturated rings. The quantitative estimate of drug-likeness (QED) is 0.264. The van der Waals surface area contributed by atoms with E-state index in [1.165, 1.54) is 38.1 Å². The van der Waals surface area contributed by atoms with E-state index in [1.807, 2.05) is 6.07 Å². The maximum atomic E-state index is 13.8. The van der Waals surface area contributed by atoms with E-state index in [0.717, 1.165) is 36.1 Å². The number of primary amides is 1. The predicted molar refractivity (Wildman–Crippen MR) is 141 cm³/mol. The normalized spacial score (nSPS) is 15.1. The number of amides is 1. The highest BCUT2D eigenvalue weighted by molar-refractivity contribution is 6.44. The molecule has 0 bridgehead atoms. The monoisotopic (exact) mass is 523 g/mol. The van der Waals surface area contributed by atoms with Gasteiger partial charge in [0.15, 0.2) is 23.0 Å². The van der Waals surface area contributed by atoms with E-state index in [-0.39, 0.29) is 23.1 Å². The number of nitrogens with zero attached hydrogens (tertiary/aromatic N) is 2. The highest BCUT2D eigenvalue weighted by Gasteiger charge is 2.18. The number of ether oxygens (including phenoxy) is 2. The van der Waals surface area contributed by atoms with Gasteiger partial charge in [0.2, 0.25) is 0 Å². The van der Waals surface area contributed by atoms with E-state index in [9.17, 15) is 13.6 Å². The van der Waals surface area contributed by atoms with Gasteiger partial charge in [0.25, 0.3) is 5.91 Å². The number of carbonyl (C=O) groups is 1. The molecule has 0 spiro atoms. The number of benzene rings is 3. The predicted octanol–water partition coefficient (Wildman–Crippen LogP) is 4.78. The standard InChI is InChI=1S/C15H20FNO2.C14H11FN2O2/c16-13-10-12(4-3-7-17-5-1-2-6-17)11-14-15(13)19-9-8-18-14;15-12-7-5-10(6-8-12)9-1-3-11(4-2-9)13(17-19)14(16)18/h10-11H,1-9H2;1-8,19H,(H2,16,18)/b;17-13+. The second-order valence-corrected chi connectivity index (χ2v) is 9.15. The average Bonchev–Trinajstić information content (AvgIpc) is 3.44. The van der Waals surface area contributed by atoms with E-state index in [0.29, 0.717) is 24.5 Å². The Balaban J connectivity index is 0.000000177. The highest BCUT2D eigenvalue weighted by atomic mass is 19.1. The molecule has 2 aliphatic heterocycles. The number of nitrogens with two attached hydrogens (primary N) is 1. The molecule has 3 N–H and O–H groups in total. The second kappa shape index (κ2) is 13.0. The topological polar surface area (TPSA) is 97.4 Å². The van der Waals surface area contributed by atoms with Gasteiger partial charge in [-0.1, -0.05) is 41.6 Å². The molecule has 7 nitrogen and oxygen atoms in total. The summed E-state index contributed by atoms with van der Waals surface area (Å²) in [6.45, 7) is 4.48. The highest BCUT2D eigenvalue weighted by Crippen LogP contribution is 2.34. The van der Waals surface area contributed by atoms with Gasteiger partial charge in [-0.3, -0.25) is 4.79 Å². The molecule has 9 heteroatoms. The summed E-state index contributed by atoms with van der Waals surface area (Å²) in [7, 11) is 0. The Bertz CT molecular complexity index is 1260. The third-order valence-corrected chi connectivity index (χ3v) is 6.46. The van der Waals surface area contributed by atoms with Crippen molar-refractivity contribution < 1.29 is 28.3 Å². The lowest BCUT2D eigenvalue weighted by Crippen LogP contribution is -2.24. The number of hydrogen-bond acceptors (Lipinski definition) is 6. The summed E-state index contributed by atoms with van der Waals surface area (Å²) < 4.78 is 37.4. The van der Waals surface area contributed by atoms with Crippen LogP contribution < -0.4 is 15.2 Å². The van der Waals surface area contributed by atoms with Crippen LogP contribution in [0.25, 0.3) is 11.1 Å². The van der Waals surface area contributed by atoms with Gasteiger partial charge in [0, 0.05) is 5.56 Å². The van der Waals surface area contributed by atoms with Crippen LogP contribution in [0, 0.1) is 11.6 Å². The van der Waals surface area contributed by atoms with Crippen LogP contribution in [-0.2, 0) is 11.2 Å². The Kier molecular flexibility index (Phi) is 9.26. The van der Waals surface area contributed by atoms with Crippen molar-refractivity contribution in [1.82, 2.24) is 4.90 Å². The Morgan fingerprint density at radius 2 is 1.58 bits per heavy atom. The summed E-state index contributed by atoms with van der Waals surface area (Å²) in [5, 5.41) is 11.6. The summed E-state index contributed by atoms with van der Waals surface area (Å²) in [4.78, 5) is 13.5. The van der Waals surface area contributed by atoms with Crippen molar-refractivity contribution in [3.05, 3.63) is 83.4 Å². The van der Waals surface area contributed by atoms with E-state index in [4.69, 9.17) is 20.4 Å². The molecule has 0 aliphatic carbocycles. The van der Waals surface area contributed by atoms with Crippen molar-refractivity contribution >= 4 is 11.6 Å². The zero-order valence-electron chi connectivity index (χ0n) is 21.0. The van der Waals surface area contributed by atoms with Crippen LogP contribution in [0.3, 0.4) is 0 Å². The molecule has 0 atom stereocenters. The van der Waals surface area contributed by atoms with Gasteiger partial charge in [-0.25, -0.2) is 8.78 Å². The van der Waals surface area contributed by atoms with Crippen LogP contribution in [-0.4, -0.2) is 54.6 Å². The van der Waals surface area contributed by atoms with Crippen molar-refractivity contribution in [1.29, 1.82) is 0 Å². The molecule has 3 aromatic carbocycles. The van der Waals surface area contributed by atoms with Crippen LogP contribution in [0.4, 0.5) is 8.78 Å². The van der Waals surface area contributed by atoms with E-state index < -0.39 is 5.91 Å². The first-order chi connectivity index (χ1) is 18.4. The third kappa shape index (κ3) is 7.07. The minimum absolute atomic E-state index is 0.203. The van der Waals surface area contributed by atoms with Crippen molar-refractivity contribution in [3.63, 3.8) is 0 Å². The van der Waals surface area contributed by atoms with Gasteiger partial charge in [-0.2, -0.15) is 0 Å². The van der Waals surface area contributed by atoms with Gasteiger partial charge in [-0.15, -0.1) is 0 Å². The maximum absolute atomic E-state index is 13.8. The Hall–Kier alpha value is -3.98. The third-order valence-electron chi connectivity index (χ3n) is 6.46. The fraction of sp³-hybridized carbons (Fsp3) is 0.310. The lowest BCUT2D eigenvalue weighted by atomic mass is 10.0. The van der Waals surface area contributed by atoms with E-state index in [2.05, 4.69) is 10.1 Å². The SMILES string of the molecule is Fc1cc(CCCN2CCCC2)cc2c1OCCO2.NC(=O)/C(=N/O)c1ccc(-c2ccc(F)cc2)cc1. The molecular weight excluding hydrogens is 492 g/mol. The second-order valence-electron chi connectivity index (χ2n) is 9.15. The zero-order valence-corrected chi connectivity index (χ0v) is 21.0. The molecule has 0 aromatic heterocycles. The minimum atomic E-state index is -0.808. The molecule has 2 aliphatic rings. The van der Waals surface area contributed by atoms with Crippen molar-refractivity contribution in [2.75, 3.05) is 32.8 Å². The first-order valence-electron chi connectivity index (χ1n) is 12.6. The van der Waals surface area contributed by atoms with E-state index in [1.54, 1.807) is 42.5 Å².